The third-order valence-electron chi connectivity index (χ3n) is 4.52. The molecule has 3 N–H and O–H groups in total. The van der Waals surface area contributed by atoms with Crippen molar-refractivity contribution in [2.75, 3.05) is 10.6 Å². The maximum Gasteiger partial charge on any atom is 0.435 e. The van der Waals surface area contributed by atoms with Crippen LogP contribution in [0, 0.1) is 5.82 Å². The molecule has 0 radical (unpaired) electrons. The Morgan fingerprint density at radius 3 is 2.25 bits per heavy atom. The summed E-state index contributed by atoms with van der Waals surface area (Å²) in [6.07, 6.45) is -3.12. The van der Waals surface area contributed by atoms with E-state index in [0.29, 0.717) is 10.4 Å². The average molecular weight is 448 g/mol. The fraction of sp³-hybridized carbons (Fsp3) is 0.200. The van der Waals surface area contributed by atoms with E-state index < -0.39 is 29.3 Å². The summed E-state index contributed by atoms with van der Waals surface area (Å²) < 4.78 is 54.9. The van der Waals surface area contributed by atoms with E-state index in [-0.39, 0.29) is 23.4 Å². The van der Waals surface area contributed by atoms with Crippen molar-refractivity contribution in [3.8, 4) is 5.69 Å². The molecule has 3 amide bonds. The van der Waals surface area contributed by atoms with E-state index >= 15 is 0 Å². The van der Waals surface area contributed by atoms with Crippen LogP contribution in [0.5, 0.6) is 0 Å². The molecule has 0 atom stereocenters. The molecular weight excluding hydrogens is 432 g/mol. The lowest BCUT2D eigenvalue weighted by Gasteiger charge is -2.12. The van der Waals surface area contributed by atoms with Gasteiger partial charge >= 0.3 is 12.2 Å². The quantitative estimate of drug-likeness (QED) is 0.515. The minimum absolute atomic E-state index is 0.177. The van der Waals surface area contributed by atoms with Gasteiger partial charge in [-0.1, -0.05) is 11.3 Å². The molecular formula is C20H16F4N6O2. The summed E-state index contributed by atoms with van der Waals surface area (Å²) in [5.41, 5.74) is -2.02. The Balaban J connectivity index is 1.52. The molecule has 4 rings (SSSR count). The fourth-order valence-corrected chi connectivity index (χ4v) is 2.89. The van der Waals surface area contributed by atoms with Gasteiger partial charge in [-0.2, -0.15) is 13.2 Å². The molecule has 0 saturated heterocycles. The lowest BCUT2D eigenvalue weighted by molar-refractivity contribution is -0.143. The van der Waals surface area contributed by atoms with E-state index in [1.165, 1.54) is 36.4 Å². The molecule has 166 valence electrons. The number of alkyl halides is 3. The molecule has 8 nitrogen and oxygen atoms in total. The maximum absolute atomic E-state index is 13.7. The van der Waals surface area contributed by atoms with E-state index in [0.717, 1.165) is 25.0 Å². The van der Waals surface area contributed by atoms with Gasteiger partial charge in [-0.15, -0.1) is 5.10 Å². The summed E-state index contributed by atoms with van der Waals surface area (Å²) in [5.74, 6) is -1.91. The number of aromatic nitrogens is 3. The highest BCUT2D eigenvalue weighted by Crippen LogP contribution is 2.33. The third-order valence-corrected chi connectivity index (χ3v) is 4.52. The van der Waals surface area contributed by atoms with Crippen molar-refractivity contribution in [1.29, 1.82) is 0 Å². The summed E-state index contributed by atoms with van der Waals surface area (Å²) in [4.78, 5) is 24.2. The van der Waals surface area contributed by atoms with Gasteiger partial charge in [0.2, 0.25) is 0 Å². The molecule has 0 spiro atoms. The second-order valence-electron chi connectivity index (χ2n) is 7.08. The number of carbonyl (C=O) groups is 2. The normalized spacial score (nSPS) is 13.5. The topological polar surface area (TPSA) is 101 Å². The summed E-state index contributed by atoms with van der Waals surface area (Å²) in [5, 5.41) is 14.4. The van der Waals surface area contributed by atoms with Gasteiger partial charge < -0.3 is 16.0 Å². The molecule has 0 bridgehead atoms. The predicted octanol–water partition coefficient (Wildman–Crippen LogP) is 3.96. The van der Waals surface area contributed by atoms with E-state index in [4.69, 9.17) is 0 Å². The summed E-state index contributed by atoms with van der Waals surface area (Å²) in [7, 11) is 0. The van der Waals surface area contributed by atoms with Crippen LogP contribution in [0.15, 0.2) is 48.5 Å². The van der Waals surface area contributed by atoms with Gasteiger partial charge in [0.15, 0.2) is 11.4 Å². The zero-order chi connectivity index (χ0) is 22.9. The number of amides is 3. The minimum atomic E-state index is -4.98. The highest BCUT2D eigenvalue weighted by atomic mass is 19.4. The fourth-order valence-electron chi connectivity index (χ4n) is 2.89. The Morgan fingerprint density at radius 1 is 1.00 bits per heavy atom. The number of rotatable bonds is 5. The van der Waals surface area contributed by atoms with Crippen molar-refractivity contribution in [1.82, 2.24) is 20.3 Å². The lowest BCUT2D eigenvalue weighted by atomic mass is 10.2. The Morgan fingerprint density at radius 2 is 1.66 bits per heavy atom. The van der Waals surface area contributed by atoms with Crippen LogP contribution in [0.1, 0.15) is 29.0 Å². The van der Waals surface area contributed by atoms with Gasteiger partial charge in [-0.3, -0.25) is 4.79 Å². The first-order valence-electron chi connectivity index (χ1n) is 9.48. The van der Waals surface area contributed by atoms with E-state index in [9.17, 15) is 27.2 Å². The van der Waals surface area contributed by atoms with Crippen molar-refractivity contribution in [3.63, 3.8) is 0 Å². The van der Waals surface area contributed by atoms with Crippen LogP contribution in [0.3, 0.4) is 0 Å². The number of benzene rings is 2. The molecule has 0 aliphatic heterocycles. The molecule has 12 heteroatoms. The van der Waals surface area contributed by atoms with Gasteiger partial charge in [0.1, 0.15) is 5.82 Å². The first kappa shape index (κ1) is 21.3. The van der Waals surface area contributed by atoms with Gasteiger partial charge in [-0.25, -0.2) is 13.9 Å². The van der Waals surface area contributed by atoms with E-state index in [1.54, 1.807) is 0 Å². The third kappa shape index (κ3) is 4.85. The summed E-state index contributed by atoms with van der Waals surface area (Å²) in [6, 6.07) is 9.93. The van der Waals surface area contributed by atoms with Gasteiger partial charge in [0.05, 0.1) is 5.69 Å². The van der Waals surface area contributed by atoms with Crippen molar-refractivity contribution in [2.45, 2.75) is 25.1 Å². The molecule has 0 unspecified atom stereocenters. The standard InChI is InChI=1S/C20H16F4N6O2/c21-11-2-1-3-15(10-11)30-17(20(22,23)24)16(28-29-30)18(31)25-12-4-6-13(7-5-12)26-19(32)27-14-8-9-14/h1-7,10,14H,8-9H2,(H,25,31)(H2,26,27,32). The van der Waals surface area contributed by atoms with Gasteiger partial charge in [-0.05, 0) is 55.3 Å². The van der Waals surface area contributed by atoms with Crippen LogP contribution in [0.4, 0.5) is 33.7 Å². The van der Waals surface area contributed by atoms with E-state index in [1.807, 2.05) is 0 Å². The van der Waals surface area contributed by atoms with Crippen LogP contribution in [0.25, 0.3) is 5.69 Å². The molecule has 32 heavy (non-hydrogen) atoms. The predicted molar refractivity (Wildman–Crippen MR) is 106 cm³/mol. The number of nitrogens with one attached hydrogen (secondary N) is 3. The zero-order valence-corrected chi connectivity index (χ0v) is 16.3. The van der Waals surface area contributed by atoms with Crippen LogP contribution in [0.2, 0.25) is 0 Å². The molecule has 1 fully saturated rings. The Hall–Kier alpha value is -3.96. The highest BCUT2D eigenvalue weighted by Gasteiger charge is 2.42. The number of carbonyl (C=O) groups excluding carboxylic acids is 2. The maximum atomic E-state index is 13.7. The van der Waals surface area contributed by atoms with Gasteiger partial charge in [0, 0.05) is 17.4 Å². The summed E-state index contributed by atoms with van der Waals surface area (Å²) >= 11 is 0. The first-order chi connectivity index (χ1) is 15.2. The Bertz CT molecular complexity index is 1160. The molecule has 1 aromatic heterocycles. The molecule has 1 aliphatic rings. The van der Waals surface area contributed by atoms with E-state index in [2.05, 4.69) is 26.3 Å². The summed E-state index contributed by atoms with van der Waals surface area (Å²) in [6.45, 7) is 0. The number of hydrogen-bond acceptors (Lipinski definition) is 4. The second-order valence-corrected chi connectivity index (χ2v) is 7.08. The molecule has 2 aromatic carbocycles. The zero-order valence-electron chi connectivity index (χ0n) is 16.3. The van der Waals surface area contributed by atoms with Crippen LogP contribution in [-0.2, 0) is 6.18 Å². The smallest absolute Gasteiger partial charge is 0.335 e. The molecule has 1 heterocycles. The second kappa shape index (κ2) is 8.29. The Kier molecular flexibility index (Phi) is 5.51. The van der Waals surface area contributed by atoms with Gasteiger partial charge in [0.25, 0.3) is 5.91 Å². The van der Waals surface area contributed by atoms with Crippen LogP contribution in [-0.4, -0.2) is 33.0 Å². The molecule has 3 aromatic rings. The number of anilines is 2. The molecule has 1 saturated carbocycles. The van der Waals surface area contributed by atoms with Crippen molar-refractivity contribution in [2.24, 2.45) is 0 Å². The average Bonchev–Trinajstić information content (AvgIpc) is 3.40. The lowest BCUT2D eigenvalue weighted by Crippen LogP contribution is -2.30. The van der Waals surface area contributed by atoms with Crippen molar-refractivity contribution in [3.05, 3.63) is 65.7 Å². The number of urea groups is 1. The number of nitrogens with zero attached hydrogens (tertiary/aromatic N) is 3. The molecule has 1 aliphatic carbocycles. The monoisotopic (exact) mass is 448 g/mol. The van der Waals surface area contributed by atoms with Crippen molar-refractivity contribution >= 4 is 23.3 Å². The van der Waals surface area contributed by atoms with Crippen LogP contribution >= 0.6 is 0 Å². The largest absolute Gasteiger partial charge is 0.435 e. The minimum Gasteiger partial charge on any atom is -0.335 e. The Labute approximate surface area is 178 Å². The number of hydrogen-bond donors (Lipinski definition) is 3. The number of halogens is 4. The SMILES string of the molecule is O=C(Nc1ccc(NC(=O)c2nnn(-c3cccc(F)c3)c2C(F)(F)F)cc1)NC1CC1. The van der Waals surface area contributed by atoms with Crippen LogP contribution < -0.4 is 16.0 Å². The first-order valence-corrected chi connectivity index (χ1v) is 9.48. The van der Waals surface area contributed by atoms with Crippen molar-refractivity contribution < 1.29 is 27.2 Å². The highest BCUT2D eigenvalue weighted by molar-refractivity contribution is 6.04.